The predicted molar refractivity (Wildman–Crippen MR) is 115 cm³/mol. The number of cyclic esters (lactones) is 1. The maximum absolute atomic E-state index is 12.5. The lowest BCUT2D eigenvalue weighted by molar-refractivity contribution is -0.134. The van der Waals surface area contributed by atoms with E-state index in [4.69, 9.17) is 4.74 Å². The zero-order valence-electron chi connectivity index (χ0n) is 18.3. The number of unbranched alkanes of at least 4 members (excludes halogenated alkanes) is 1. The molecule has 2 saturated heterocycles. The van der Waals surface area contributed by atoms with Crippen molar-refractivity contribution in [3.63, 3.8) is 0 Å². The van der Waals surface area contributed by atoms with Crippen LogP contribution in [0.15, 0.2) is 18.3 Å². The summed E-state index contributed by atoms with van der Waals surface area (Å²) in [5.74, 6) is 0.461. The molecule has 1 N–H and O–H groups in total. The molecule has 0 radical (unpaired) electrons. The zero-order chi connectivity index (χ0) is 22.0. The van der Waals surface area contributed by atoms with E-state index in [0.29, 0.717) is 18.2 Å². The average Bonchev–Trinajstić information content (AvgIpc) is 3.54. The molecule has 3 fully saturated rings. The van der Waals surface area contributed by atoms with E-state index in [0.717, 1.165) is 64.2 Å². The smallest absolute Gasteiger partial charge is 0.417 e. The Morgan fingerprint density at radius 1 is 1.16 bits per heavy atom. The molecule has 0 atom stereocenters. The molecule has 0 bridgehead atoms. The van der Waals surface area contributed by atoms with Gasteiger partial charge in [0.1, 0.15) is 5.82 Å². The average molecular weight is 430 g/mol. The number of anilines is 1. The molecule has 9 nitrogen and oxygen atoms in total. The van der Waals surface area contributed by atoms with Crippen LogP contribution in [-0.2, 0) is 9.53 Å². The third-order valence-electron chi connectivity index (χ3n) is 6.04. The minimum atomic E-state index is -1.05. The van der Waals surface area contributed by atoms with Crippen molar-refractivity contribution in [1.29, 1.82) is 0 Å². The van der Waals surface area contributed by atoms with Gasteiger partial charge in [-0.3, -0.25) is 14.5 Å². The Morgan fingerprint density at radius 2 is 1.87 bits per heavy atom. The van der Waals surface area contributed by atoms with Crippen LogP contribution in [0.25, 0.3) is 0 Å². The van der Waals surface area contributed by atoms with Gasteiger partial charge in [0, 0.05) is 45.0 Å². The number of rotatable bonds is 8. The lowest BCUT2D eigenvalue weighted by Crippen LogP contribution is -2.47. The maximum atomic E-state index is 12.5. The second kappa shape index (κ2) is 8.82. The minimum Gasteiger partial charge on any atom is -0.433 e. The molecular formula is C22H31N5O4. The van der Waals surface area contributed by atoms with Gasteiger partial charge in [-0.1, -0.05) is 0 Å². The molecule has 0 aromatic carbocycles. The Hall–Kier alpha value is -2.68. The number of carbonyl (C=O) groups excluding carboxylic acids is 3. The Labute approximate surface area is 182 Å². The van der Waals surface area contributed by atoms with E-state index in [-0.39, 0.29) is 11.8 Å². The molecule has 0 spiro atoms. The number of ether oxygens (including phenoxy) is 1. The third kappa shape index (κ3) is 4.98. The highest BCUT2D eigenvalue weighted by molar-refractivity contribution is 6.02. The first-order valence-corrected chi connectivity index (χ1v) is 11.1. The quantitative estimate of drug-likeness (QED) is 0.628. The summed E-state index contributed by atoms with van der Waals surface area (Å²) in [5.41, 5.74) is -0.402. The van der Waals surface area contributed by atoms with Gasteiger partial charge in [-0.25, -0.2) is 14.7 Å². The highest BCUT2D eigenvalue weighted by atomic mass is 16.6. The Kier molecular flexibility index (Phi) is 6.13. The molecule has 3 aliphatic rings. The first-order valence-electron chi connectivity index (χ1n) is 11.1. The number of hydrogen-bond donors (Lipinski definition) is 1. The second-order valence-corrected chi connectivity index (χ2v) is 8.99. The number of carbonyl (C=O) groups is 3. The number of aromatic nitrogens is 1. The molecule has 4 rings (SSSR count). The van der Waals surface area contributed by atoms with Crippen molar-refractivity contribution in [1.82, 2.24) is 20.1 Å². The van der Waals surface area contributed by atoms with Gasteiger partial charge in [-0.05, 0) is 58.2 Å². The number of nitrogens with one attached hydrogen (secondary N) is 1. The number of hydrogen-bond acceptors (Lipinski definition) is 7. The summed E-state index contributed by atoms with van der Waals surface area (Å²) < 4.78 is 5.11. The van der Waals surface area contributed by atoms with E-state index in [2.05, 4.69) is 20.1 Å². The number of piperazine rings is 1. The number of amides is 3. The molecular weight excluding hydrogens is 398 g/mol. The monoisotopic (exact) mass is 429 g/mol. The highest BCUT2D eigenvalue weighted by Gasteiger charge is 2.46. The molecule has 168 valence electrons. The highest BCUT2D eigenvalue weighted by Crippen LogP contribution is 2.24. The van der Waals surface area contributed by atoms with Crippen LogP contribution in [0.5, 0.6) is 0 Å². The van der Waals surface area contributed by atoms with Gasteiger partial charge in [-0.2, -0.15) is 0 Å². The van der Waals surface area contributed by atoms with E-state index in [1.54, 1.807) is 20.0 Å². The molecule has 0 unspecified atom stereocenters. The molecule has 1 aromatic rings. The largest absolute Gasteiger partial charge is 0.433 e. The maximum Gasteiger partial charge on any atom is 0.417 e. The minimum absolute atomic E-state index is 0.0359. The Bertz CT molecular complexity index is 846. The lowest BCUT2D eigenvalue weighted by atomic mass is 10.1. The molecule has 1 saturated carbocycles. The van der Waals surface area contributed by atoms with Crippen molar-refractivity contribution >= 4 is 23.7 Å². The van der Waals surface area contributed by atoms with E-state index in [9.17, 15) is 14.4 Å². The van der Waals surface area contributed by atoms with Gasteiger partial charge in [0.2, 0.25) is 0 Å². The van der Waals surface area contributed by atoms with Crippen molar-refractivity contribution < 1.29 is 19.1 Å². The van der Waals surface area contributed by atoms with Crippen LogP contribution in [-0.4, -0.2) is 83.6 Å². The molecule has 1 aromatic heterocycles. The molecule has 9 heteroatoms. The summed E-state index contributed by atoms with van der Waals surface area (Å²) in [7, 11) is 0. The predicted octanol–water partition coefficient (Wildman–Crippen LogP) is 1.63. The second-order valence-electron chi connectivity index (χ2n) is 8.99. The normalized spacial score (nSPS) is 21.4. The van der Waals surface area contributed by atoms with Crippen molar-refractivity contribution in [2.45, 2.75) is 51.2 Å². The Morgan fingerprint density at radius 3 is 2.52 bits per heavy atom. The summed E-state index contributed by atoms with van der Waals surface area (Å²) >= 11 is 0. The molecule has 3 amide bonds. The first-order chi connectivity index (χ1) is 14.8. The van der Waals surface area contributed by atoms with Crippen LogP contribution in [0.4, 0.5) is 10.6 Å². The van der Waals surface area contributed by atoms with Crippen LogP contribution < -0.4 is 10.2 Å². The first kappa shape index (κ1) is 21.5. The summed E-state index contributed by atoms with van der Waals surface area (Å²) in [4.78, 5) is 46.8. The van der Waals surface area contributed by atoms with Crippen molar-refractivity contribution in [2.24, 2.45) is 0 Å². The molecule has 3 heterocycles. The van der Waals surface area contributed by atoms with Crippen molar-refractivity contribution in [3.8, 4) is 0 Å². The van der Waals surface area contributed by atoms with Gasteiger partial charge in [0.25, 0.3) is 11.8 Å². The van der Waals surface area contributed by atoms with Crippen LogP contribution in [0.2, 0.25) is 0 Å². The Balaban J connectivity index is 1.21. The zero-order valence-corrected chi connectivity index (χ0v) is 18.3. The van der Waals surface area contributed by atoms with Crippen LogP contribution in [0.3, 0.4) is 0 Å². The summed E-state index contributed by atoms with van der Waals surface area (Å²) in [5, 5.41) is 3.05. The molecule has 31 heavy (non-hydrogen) atoms. The van der Waals surface area contributed by atoms with Gasteiger partial charge in [0.15, 0.2) is 5.60 Å². The lowest BCUT2D eigenvalue weighted by Gasteiger charge is -2.36. The van der Waals surface area contributed by atoms with Crippen LogP contribution in [0, 0.1) is 0 Å². The fraction of sp³-hybridized carbons (Fsp3) is 0.636. The van der Waals surface area contributed by atoms with Gasteiger partial charge in [0.05, 0.1) is 5.56 Å². The van der Waals surface area contributed by atoms with E-state index < -0.39 is 11.7 Å². The summed E-state index contributed by atoms with van der Waals surface area (Å²) in [6.45, 7) is 7.94. The van der Waals surface area contributed by atoms with Gasteiger partial charge < -0.3 is 15.0 Å². The number of imide groups is 1. The number of nitrogens with zero attached hydrogens (tertiary/aromatic N) is 4. The molecule has 1 aliphatic carbocycles. The van der Waals surface area contributed by atoms with Gasteiger partial charge >= 0.3 is 6.09 Å². The topological polar surface area (TPSA) is 95.1 Å². The van der Waals surface area contributed by atoms with Crippen LogP contribution >= 0.6 is 0 Å². The SMILES string of the molecule is CC1(C)OC(=O)N(CCCCN2CCN(c3ncccc3C(=O)NC3CC3)CC2)C1=O. The summed E-state index contributed by atoms with van der Waals surface area (Å²) in [6, 6.07) is 3.98. The van der Waals surface area contributed by atoms with Crippen molar-refractivity contribution in [3.05, 3.63) is 23.9 Å². The van der Waals surface area contributed by atoms with E-state index in [1.165, 1.54) is 4.90 Å². The summed E-state index contributed by atoms with van der Waals surface area (Å²) in [6.07, 6.45) is 4.97. The fourth-order valence-electron chi connectivity index (χ4n) is 4.02. The van der Waals surface area contributed by atoms with E-state index >= 15 is 0 Å². The van der Waals surface area contributed by atoms with Crippen molar-refractivity contribution in [2.75, 3.05) is 44.2 Å². The standard InChI is InChI=1S/C22H31N5O4/c1-22(2)20(29)27(21(30)31-22)11-4-3-10-25-12-14-26(15-13-25)18-17(6-5-9-23-18)19(28)24-16-7-8-16/h5-6,9,16H,3-4,7-8,10-15H2,1-2H3,(H,24,28). The third-order valence-corrected chi connectivity index (χ3v) is 6.04. The fourth-order valence-corrected chi connectivity index (χ4v) is 4.02. The van der Waals surface area contributed by atoms with Gasteiger partial charge in [-0.15, -0.1) is 0 Å². The molecule has 2 aliphatic heterocycles. The van der Waals surface area contributed by atoms with Crippen LogP contribution in [0.1, 0.15) is 49.9 Å². The van der Waals surface area contributed by atoms with E-state index in [1.807, 2.05) is 12.1 Å². The number of pyridine rings is 1.